The van der Waals surface area contributed by atoms with Crippen LogP contribution in [-0.4, -0.2) is 23.0 Å². The standard InChI is InChI=1S/C25H22FN3O3/c1-32-22-11-12-23-18(14-22)13-19(24(30)28-23)16-29(15-17-7-9-20(26)10-8-17)25(31)27-21-5-3-2-4-6-21/h2-14H,15-16H2,1H3,(H,27,31)(H,28,30). The fourth-order valence-electron chi connectivity index (χ4n) is 3.41. The van der Waals surface area contributed by atoms with Crippen LogP contribution in [0.1, 0.15) is 11.1 Å². The molecule has 6 nitrogen and oxygen atoms in total. The summed E-state index contributed by atoms with van der Waals surface area (Å²) in [6.45, 7) is 0.271. The van der Waals surface area contributed by atoms with Gasteiger partial charge in [-0.25, -0.2) is 9.18 Å². The molecule has 0 saturated carbocycles. The van der Waals surface area contributed by atoms with Gasteiger partial charge in [0.25, 0.3) is 5.56 Å². The Balaban J connectivity index is 1.65. The van der Waals surface area contributed by atoms with E-state index in [1.807, 2.05) is 24.3 Å². The van der Waals surface area contributed by atoms with Gasteiger partial charge in [0.05, 0.1) is 13.7 Å². The average molecular weight is 431 g/mol. The van der Waals surface area contributed by atoms with Gasteiger partial charge in [0.1, 0.15) is 11.6 Å². The summed E-state index contributed by atoms with van der Waals surface area (Å²) in [6.07, 6.45) is 0. The number of carbonyl (C=O) groups excluding carboxylic acids is 1. The molecule has 0 aliphatic carbocycles. The van der Waals surface area contributed by atoms with Crippen LogP contribution in [0.2, 0.25) is 0 Å². The predicted octanol–water partition coefficient (Wildman–Crippen LogP) is 4.91. The highest BCUT2D eigenvalue weighted by Gasteiger charge is 2.17. The molecule has 0 radical (unpaired) electrons. The molecule has 7 heteroatoms. The lowest BCUT2D eigenvalue weighted by Gasteiger charge is -2.23. The number of hydrogen-bond acceptors (Lipinski definition) is 3. The van der Waals surface area contributed by atoms with Crippen LogP contribution >= 0.6 is 0 Å². The summed E-state index contributed by atoms with van der Waals surface area (Å²) in [5.41, 5.74) is 2.21. The van der Waals surface area contributed by atoms with Gasteiger partial charge in [0, 0.05) is 28.7 Å². The number of amides is 2. The van der Waals surface area contributed by atoms with E-state index in [0.29, 0.717) is 22.5 Å². The highest BCUT2D eigenvalue weighted by molar-refractivity contribution is 5.89. The van der Waals surface area contributed by atoms with Crippen molar-refractivity contribution < 1.29 is 13.9 Å². The Hall–Kier alpha value is -4.13. The molecule has 1 heterocycles. The van der Waals surface area contributed by atoms with E-state index in [0.717, 1.165) is 10.9 Å². The van der Waals surface area contributed by atoms with E-state index in [2.05, 4.69) is 10.3 Å². The van der Waals surface area contributed by atoms with Gasteiger partial charge in [0.2, 0.25) is 0 Å². The van der Waals surface area contributed by atoms with E-state index < -0.39 is 0 Å². The third kappa shape index (κ3) is 4.95. The van der Waals surface area contributed by atoms with Crippen molar-refractivity contribution in [2.24, 2.45) is 0 Å². The fourth-order valence-corrected chi connectivity index (χ4v) is 3.41. The number of pyridine rings is 1. The topological polar surface area (TPSA) is 74.4 Å². The molecular formula is C25H22FN3O3. The summed E-state index contributed by atoms with van der Waals surface area (Å²) in [5, 5.41) is 3.64. The van der Waals surface area contributed by atoms with Crippen LogP contribution in [0, 0.1) is 5.82 Å². The summed E-state index contributed by atoms with van der Waals surface area (Å²) < 4.78 is 18.6. The SMILES string of the molecule is COc1ccc2[nH]c(=O)c(CN(Cc3ccc(F)cc3)C(=O)Nc3ccccc3)cc2c1. The molecule has 0 spiro atoms. The normalized spacial score (nSPS) is 10.7. The molecule has 0 atom stereocenters. The van der Waals surface area contributed by atoms with Gasteiger partial charge in [-0.15, -0.1) is 0 Å². The summed E-state index contributed by atoms with van der Waals surface area (Å²) in [5.74, 6) is 0.314. The number of benzene rings is 3. The molecule has 3 aromatic carbocycles. The number of nitrogens with zero attached hydrogens (tertiary/aromatic N) is 1. The number of ether oxygens (including phenoxy) is 1. The molecule has 2 amide bonds. The maximum Gasteiger partial charge on any atom is 0.322 e. The largest absolute Gasteiger partial charge is 0.497 e. The number of aromatic amines is 1. The number of H-pyrrole nitrogens is 1. The highest BCUT2D eigenvalue weighted by Crippen LogP contribution is 2.20. The summed E-state index contributed by atoms with van der Waals surface area (Å²) >= 11 is 0. The lowest BCUT2D eigenvalue weighted by Crippen LogP contribution is -2.35. The highest BCUT2D eigenvalue weighted by atomic mass is 19.1. The van der Waals surface area contributed by atoms with Gasteiger partial charge in [-0.05, 0) is 54.1 Å². The molecule has 4 rings (SSSR count). The number of nitrogens with one attached hydrogen (secondary N) is 2. The van der Waals surface area contributed by atoms with Gasteiger partial charge < -0.3 is 19.9 Å². The molecule has 4 aromatic rings. The smallest absolute Gasteiger partial charge is 0.322 e. The minimum absolute atomic E-state index is 0.0680. The van der Waals surface area contributed by atoms with E-state index in [1.54, 1.807) is 49.6 Å². The van der Waals surface area contributed by atoms with Crippen molar-refractivity contribution in [1.29, 1.82) is 0 Å². The minimum Gasteiger partial charge on any atom is -0.497 e. The third-order valence-corrected chi connectivity index (χ3v) is 5.09. The van der Waals surface area contributed by atoms with Gasteiger partial charge in [-0.3, -0.25) is 4.79 Å². The number of para-hydroxylation sites is 1. The van der Waals surface area contributed by atoms with E-state index in [9.17, 15) is 14.0 Å². The Kier molecular flexibility index (Phi) is 6.17. The third-order valence-electron chi connectivity index (χ3n) is 5.09. The van der Waals surface area contributed by atoms with Gasteiger partial charge in [-0.2, -0.15) is 0 Å². The molecule has 1 aromatic heterocycles. The molecule has 0 aliphatic rings. The second-order valence-electron chi connectivity index (χ2n) is 7.36. The van der Waals surface area contributed by atoms with Gasteiger partial charge in [0.15, 0.2) is 0 Å². The van der Waals surface area contributed by atoms with E-state index in [1.165, 1.54) is 17.0 Å². The first-order chi connectivity index (χ1) is 15.5. The van der Waals surface area contributed by atoms with Crippen molar-refractivity contribution in [3.05, 3.63) is 106 Å². The zero-order valence-corrected chi connectivity index (χ0v) is 17.5. The second kappa shape index (κ2) is 9.34. The van der Waals surface area contributed by atoms with Crippen molar-refractivity contribution >= 4 is 22.6 Å². The number of rotatable bonds is 6. The number of urea groups is 1. The number of fused-ring (bicyclic) bond motifs is 1. The van der Waals surface area contributed by atoms with Crippen molar-refractivity contribution in [3.63, 3.8) is 0 Å². The zero-order chi connectivity index (χ0) is 22.5. The lowest BCUT2D eigenvalue weighted by atomic mass is 10.1. The number of methoxy groups -OCH3 is 1. The van der Waals surface area contributed by atoms with Crippen LogP contribution in [0.15, 0.2) is 83.7 Å². The van der Waals surface area contributed by atoms with E-state index in [4.69, 9.17) is 4.74 Å². The molecule has 32 heavy (non-hydrogen) atoms. The fraction of sp³-hybridized carbons (Fsp3) is 0.120. The molecule has 0 bridgehead atoms. The predicted molar refractivity (Wildman–Crippen MR) is 122 cm³/mol. The van der Waals surface area contributed by atoms with Gasteiger partial charge >= 0.3 is 6.03 Å². The average Bonchev–Trinajstić information content (AvgIpc) is 2.80. The summed E-state index contributed by atoms with van der Waals surface area (Å²) in [4.78, 5) is 30.1. The number of carbonyl (C=O) groups is 1. The Morgan fingerprint density at radius 1 is 1.00 bits per heavy atom. The van der Waals surface area contributed by atoms with E-state index in [-0.39, 0.29) is 30.5 Å². The molecule has 0 aliphatic heterocycles. The van der Waals surface area contributed by atoms with Gasteiger partial charge in [-0.1, -0.05) is 30.3 Å². The van der Waals surface area contributed by atoms with Crippen LogP contribution in [-0.2, 0) is 13.1 Å². The lowest BCUT2D eigenvalue weighted by molar-refractivity contribution is 0.206. The molecule has 0 fully saturated rings. The number of halogens is 1. The minimum atomic E-state index is -0.370. The maximum atomic E-state index is 13.3. The van der Waals surface area contributed by atoms with Crippen LogP contribution in [0.4, 0.5) is 14.9 Å². The Morgan fingerprint density at radius 2 is 1.75 bits per heavy atom. The Bertz CT molecular complexity index is 1290. The number of hydrogen-bond donors (Lipinski definition) is 2. The molecule has 0 saturated heterocycles. The first kappa shape index (κ1) is 21.1. The number of aromatic nitrogens is 1. The van der Waals surface area contributed by atoms with Crippen LogP contribution < -0.4 is 15.6 Å². The zero-order valence-electron chi connectivity index (χ0n) is 17.5. The Labute approximate surface area is 184 Å². The van der Waals surface area contributed by atoms with Crippen molar-refractivity contribution in [2.45, 2.75) is 13.1 Å². The molecule has 0 unspecified atom stereocenters. The van der Waals surface area contributed by atoms with E-state index >= 15 is 0 Å². The quantitative estimate of drug-likeness (QED) is 0.456. The maximum absolute atomic E-state index is 13.3. The molecular weight excluding hydrogens is 409 g/mol. The Morgan fingerprint density at radius 3 is 2.47 bits per heavy atom. The summed E-state index contributed by atoms with van der Waals surface area (Å²) in [6, 6.07) is 21.7. The van der Waals surface area contributed by atoms with Crippen LogP contribution in [0.3, 0.4) is 0 Å². The first-order valence-electron chi connectivity index (χ1n) is 10.1. The van der Waals surface area contributed by atoms with Crippen LogP contribution in [0.5, 0.6) is 5.75 Å². The summed E-state index contributed by atoms with van der Waals surface area (Å²) in [7, 11) is 1.58. The molecule has 162 valence electrons. The monoisotopic (exact) mass is 431 g/mol. The number of anilines is 1. The first-order valence-corrected chi connectivity index (χ1v) is 10.1. The van der Waals surface area contributed by atoms with Crippen LogP contribution in [0.25, 0.3) is 10.9 Å². The van der Waals surface area contributed by atoms with Crippen molar-refractivity contribution in [2.75, 3.05) is 12.4 Å². The van der Waals surface area contributed by atoms with Crippen molar-refractivity contribution in [3.8, 4) is 5.75 Å². The van der Waals surface area contributed by atoms with Crippen molar-refractivity contribution in [1.82, 2.24) is 9.88 Å². The second-order valence-corrected chi connectivity index (χ2v) is 7.36. The molecule has 2 N–H and O–H groups in total.